The van der Waals surface area contributed by atoms with Crippen molar-refractivity contribution in [2.45, 2.75) is 40.5 Å². The summed E-state index contributed by atoms with van der Waals surface area (Å²) in [5.74, 6) is 3.08. The molecule has 0 spiro atoms. The lowest BCUT2D eigenvalue weighted by molar-refractivity contribution is 0.153. The van der Waals surface area contributed by atoms with Gasteiger partial charge in [0.2, 0.25) is 0 Å². The molecule has 0 amide bonds. The molecule has 1 fully saturated rings. The highest BCUT2D eigenvalue weighted by Gasteiger charge is 2.40. The predicted octanol–water partition coefficient (Wildman–Crippen LogP) is 4.44. The van der Waals surface area contributed by atoms with Crippen LogP contribution in [0, 0.1) is 23.7 Å². The van der Waals surface area contributed by atoms with Gasteiger partial charge < -0.3 is 0 Å². The van der Waals surface area contributed by atoms with Gasteiger partial charge in [0.25, 0.3) is 0 Å². The van der Waals surface area contributed by atoms with Crippen molar-refractivity contribution >= 4 is 0 Å². The predicted molar refractivity (Wildman–Crippen MR) is 64.2 cm³/mol. The van der Waals surface area contributed by atoms with Gasteiger partial charge in [-0.2, -0.15) is 0 Å². The van der Waals surface area contributed by atoms with Crippen LogP contribution in [0.15, 0.2) is 24.3 Å². The van der Waals surface area contributed by atoms with Gasteiger partial charge in [-0.15, -0.1) is 0 Å². The van der Waals surface area contributed by atoms with Crippen LogP contribution in [-0.2, 0) is 0 Å². The Balaban J connectivity index is 2.69. The van der Waals surface area contributed by atoms with Crippen LogP contribution in [0.2, 0.25) is 0 Å². The largest absolute Gasteiger partial charge is 0.0995 e. The molecule has 0 aliphatic heterocycles. The SMILES string of the molecule is C=C(C)C1C(=C)CC1C(CC)C(C)C. The summed E-state index contributed by atoms with van der Waals surface area (Å²) < 4.78 is 0. The Kier molecular flexibility index (Phi) is 3.58. The van der Waals surface area contributed by atoms with Gasteiger partial charge in [-0.1, -0.05) is 51.5 Å². The number of hydrogen-bond donors (Lipinski definition) is 0. The van der Waals surface area contributed by atoms with Crippen molar-refractivity contribution in [2.24, 2.45) is 23.7 Å². The van der Waals surface area contributed by atoms with E-state index in [1.807, 2.05) is 0 Å². The highest BCUT2D eigenvalue weighted by atomic mass is 14.4. The second-order valence-corrected chi connectivity index (χ2v) is 5.17. The highest BCUT2D eigenvalue weighted by Crippen LogP contribution is 2.49. The number of allylic oxidation sites excluding steroid dienone is 2. The number of hydrogen-bond acceptors (Lipinski definition) is 0. The third-order valence-corrected chi connectivity index (χ3v) is 3.77. The van der Waals surface area contributed by atoms with Crippen LogP contribution in [0.5, 0.6) is 0 Å². The molecule has 0 aromatic rings. The van der Waals surface area contributed by atoms with Crippen molar-refractivity contribution in [1.82, 2.24) is 0 Å². The fourth-order valence-corrected chi connectivity index (χ4v) is 3.07. The van der Waals surface area contributed by atoms with Crippen molar-refractivity contribution in [2.75, 3.05) is 0 Å². The van der Waals surface area contributed by atoms with Gasteiger partial charge in [-0.05, 0) is 31.1 Å². The van der Waals surface area contributed by atoms with Crippen molar-refractivity contribution in [1.29, 1.82) is 0 Å². The van der Waals surface area contributed by atoms with Crippen LogP contribution in [0.3, 0.4) is 0 Å². The van der Waals surface area contributed by atoms with E-state index in [9.17, 15) is 0 Å². The Morgan fingerprint density at radius 2 is 2.07 bits per heavy atom. The molecule has 0 heteroatoms. The first-order valence-corrected chi connectivity index (χ1v) is 5.82. The molecule has 0 heterocycles. The van der Waals surface area contributed by atoms with E-state index in [2.05, 4.69) is 40.9 Å². The Morgan fingerprint density at radius 3 is 2.36 bits per heavy atom. The summed E-state index contributed by atoms with van der Waals surface area (Å²) >= 11 is 0. The monoisotopic (exact) mass is 192 g/mol. The van der Waals surface area contributed by atoms with E-state index < -0.39 is 0 Å². The molecule has 0 nitrogen and oxygen atoms in total. The van der Waals surface area contributed by atoms with Gasteiger partial charge in [-0.3, -0.25) is 0 Å². The lowest BCUT2D eigenvalue weighted by atomic mass is 9.59. The summed E-state index contributed by atoms with van der Waals surface area (Å²) in [6.45, 7) is 17.4. The fourth-order valence-electron chi connectivity index (χ4n) is 3.07. The van der Waals surface area contributed by atoms with Crippen LogP contribution in [0.4, 0.5) is 0 Å². The van der Waals surface area contributed by atoms with Gasteiger partial charge in [0, 0.05) is 5.92 Å². The molecule has 80 valence electrons. The Hall–Kier alpha value is -0.520. The summed E-state index contributed by atoms with van der Waals surface area (Å²) in [4.78, 5) is 0. The molecular formula is C14H24. The van der Waals surface area contributed by atoms with Gasteiger partial charge >= 0.3 is 0 Å². The van der Waals surface area contributed by atoms with Crippen LogP contribution >= 0.6 is 0 Å². The van der Waals surface area contributed by atoms with Crippen molar-refractivity contribution < 1.29 is 0 Å². The first-order chi connectivity index (χ1) is 6.49. The fraction of sp³-hybridized carbons (Fsp3) is 0.714. The van der Waals surface area contributed by atoms with E-state index in [1.54, 1.807) is 0 Å². The molecule has 1 saturated carbocycles. The molecule has 3 atom stereocenters. The normalized spacial score (nSPS) is 28.8. The van der Waals surface area contributed by atoms with E-state index in [1.165, 1.54) is 24.0 Å². The third kappa shape index (κ3) is 1.94. The lowest BCUT2D eigenvalue weighted by Crippen LogP contribution is -2.37. The molecule has 0 aromatic carbocycles. The lowest BCUT2D eigenvalue weighted by Gasteiger charge is -2.46. The van der Waals surface area contributed by atoms with Crippen molar-refractivity contribution in [3.63, 3.8) is 0 Å². The molecule has 0 radical (unpaired) electrons. The van der Waals surface area contributed by atoms with E-state index in [0.29, 0.717) is 5.92 Å². The first kappa shape index (κ1) is 11.6. The highest BCUT2D eigenvalue weighted by molar-refractivity contribution is 5.26. The van der Waals surface area contributed by atoms with Gasteiger partial charge in [0.05, 0.1) is 0 Å². The summed E-state index contributed by atoms with van der Waals surface area (Å²) in [6.07, 6.45) is 2.52. The summed E-state index contributed by atoms with van der Waals surface area (Å²) in [5, 5.41) is 0. The molecule has 3 unspecified atom stereocenters. The van der Waals surface area contributed by atoms with Crippen LogP contribution in [0.1, 0.15) is 40.5 Å². The molecule has 1 rings (SSSR count). The minimum absolute atomic E-state index is 0.613. The Labute approximate surface area is 89.1 Å². The molecule has 0 N–H and O–H groups in total. The minimum atomic E-state index is 0.613. The van der Waals surface area contributed by atoms with E-state index in [0.717, 1.165) is 17.8 Å². The van der Waals surface area contributed by atoms with Crippen LogP contribution in [0.25, 0.3) is 0 Å². The Bertz CT molecular complexity index is 226. The summed E-state index contributed by atoms with van der Waals surface area (Å²) in [7, 11) is 0. The maximum absolute atomic E-state index is 4.13. The second-order valence-electron chi connectivity index (χ2n) is 5.17. The third-order valence-electron chi connectivity index (χ3n) is 3.77. The first-order valence-electron chi connectivity index (χ1n) is 5.82. The summed E-state index contributed by atoms with van der Waals surface area (Å²) in [5.41, 5.74) is 2.71. The van der Waals surface area contributed by atoms with E-state index >= 15 is 0 Å². The maximum Gasteiger partial charge on any atom is 0.00330 e. The molecule has 0 bridgehead atoms. The molecule has 0 saturated heterocycles. The quantitative estimate of drug-likeness (QED) is 0.578. The molecule has 0 aromatic heterocycles. The zero-order chi connectivity index (χ0) is 10.9. The van der Waals surface area contributed by atoms with Gasteiger partial charge in [-0.25, -0.2) is 0 Å². The zero-order valence-electron chi connectivity index (χ0n) is 10.1. The molecule has 1 aliphatic rings. The average Bonchev–Trinajstić information content (AvgIpc) is 2.01. The van der Waals surface area contributed by atoms with E-state index in [-0.39, 0.29) is 0 Å². The molecule has 1 aliphatic carbocycles. The van der Waals surface area contributed by atoms with Crippen molar-refractivity contribution in [3.8, 4) is 0 Å². The minimum Gasteiger partial charge on any atom is -0.0995 e. The van der Waals surface area contributed by atoms with E-state index in [4.69, 9.17) is 0 Å². The topological polar surface area (TPSA) is 0 Å². The maximum atomic E-state index is 4.13. The molecule has 14 heavy (non-hydrogen) atoms. The van der Waals surface area contributed by atoms with Gasteiger partial charge in [0.1, 0.15) is 0 Å². The standard InChI is InChI=1S/C14H24/c1-7-12(9(2)3)13-8-11(6)14(13)10(4)5/h9,12-14H,4,6-8H2,1-3,5H3. The average molecular weight is 192 g/mol. The van der Waals surface area contributed by atoms with Crippen molar-refractivity contribution in [3.05, 3.63) is 24.3 Å². The Morgan fingerprint density at radius 1 is 1.50 bits per heavy atom. The molecular weight excluding hydrogens is 168 g/mol. The summed E-state index contributed by atoms with van der Waals surface area (Å²) in [6, 6.07) is 0. The van der Waals surface area contributed by atoms with Gasteiger partial charge in [0.15, 0.2) is 0 Å². The smallest absolute Gasteiger partial charge is 0.00330 e. The zero-order valence-corrected chi connectivity index (χ0v) is 10.1. The van der Waals surface area contributed by atoms with Crippen LogP contribution < -0.4 is 0 Å². The number of rotatable bonds is 4. The second kappa shape index (κ2) is 4.33. The van der Waals surface area contributed by atoms with Crippen LogP contribution in [-0.4, -0.2) is 0 Å².